The molecule has 0 aliphatic heterocycles. The van der Waals surface area contributed by atoms with Crippen LogP contribution in [0.1, 0.15) is 22.2 Å². The first-order valence-electron chi connectivity index (χ1n) is 6.86. The fourth-order valence-corrected chi connectivity index (χ4v) is 5.20. The molecular formula is C14H14F3N3S3. The van der Waals surface area contributed by atoms with Gasteiger partial charge in [0, 0.05) is 15.8 Å². The summed E-state index contributed by atoms with van der Waals surface area (Å²) in [5.41, 5.74) is 5.10. The van der Waals surface area contributed by atoms with Crippen molar-refractivity contribution in [2.45, 2.75) is 32.1 Å². The largest absolute Gasteiger partial charge is 0.419 e. The Bertz CT molecular complexity index is 787. The zero-order chi connectivity index (χ0) is 16.6. The highest BCUT2D eigenvalue weighted by Gasteiger charge is 2.39. The van der Waals surface area contributed by atoms with Crippen LogP contribution >= 0.6 is 34.2 Å². The second-order valence-corrected chi connectivity index (χ2v) is 8.11. The van der Waals surface area contributed by atoms with Crippen molar-refractivity contribution in [2.24, 2.45) is 5.73 Å². The van der Waals surface area contributed by atoms with Crippen molar-refractivity contribution < 1.29 is 13.2 Å². The monoisotopic (exact) mass is 377 g/mol. The molecule has 0 aromatic carbocycles. The lowest BCUT2D eigenvalue weighted by Crippen LogP contribution is -2.19. The van der Waals surface area contributed by atoms with Crippen molar-refractivity contribution in [2.75, 3.05) is 5.32 Å². The van der Waals surface area contributed by atoms with Crippen LogP contribution in [0.25, 0.3) is 10.2 Å². The number of anilines is 1. The molecule has 3 nitrogen and oxygen atoms in total. The quantitative estimate of drug-likeness (QED) is 0.662. The van der Waals surface area contributed by atoms with Gasteiger partial charge in [0.05, 0.1) is 16.8 Å². The van der Waals surface area contributed by atoms with Crippen molar-refractivity contribution in [3.63, 3.8) is 0 Å². The van der Waals surface area contributed by atoms with Crippen LogP contribution in [0.3, 0.4) is 0 Å². The van der Waals surface area contributed by atoms with Gasteiger partial charge in [-0.3, -0.25) is 0 Å². The molecule has 3 heterocycles. The maximum absolute atomic E-state index is 13.4. The van der Waals surface area contributed by atoms with Crippen LogP contribution in [0, 0.1) is 0 Å². The summed E-state index contributed by atoms with van der Waals surface area (Å²) in [4.78, 5) is 1.38. The second kappa shape index (κ2) is 6.39. The highest BCUT2D eigenvalue weighted by Crippen LogP contribution is 2.46. The molecule has 0 aliphatic rings. The zero-order valence-corrected chi connectivity index (χ0v) is 14.6. The number of aromatic nitrogens is 1. The summed E-state index contributed by atoms with van der Waals surface area (Å²) in [5.74, 6) is 0. The lowest BCUT2D eigenvalue weighted by molar-refractivity contribution is -0.136. The van der Waals surface area contributed by atoms with E-state index in [2.05, 4.69) is 9.69 Å². The Morgan fingerprint density at radius 2 is 2.17 bits per heavy atom. The molecule has 124 valence electrons. The molecule has 0 unspecified atom stereocenters. The molecule has 0 amide bonds. The molecule has 3 rings (SSSR count). The van der Waals surface area contributed by atoms with Crippen molar-refractivity contribution >= 4 is 49.4 Å². The third-order valence-corrected chi connectivity index (χ3v) is 6.21. The molecule has 3 aromatic rings. The van der Waals surface area contributed by atoms with Gasteiger partial charge < -0.3 is 11.1 Å². The van der Waals surface area contributed by atoms with Gasteiger partial charge in [-0.25, -0.2) is 0 Å². The van der Waals surface area contributed by atoms with Crippen LogP contribution in [0.2, 0.25) is 0 Å². The van der Waals surface area contributed by atoms with Crippen LogP contribution in [0.5, 0.6) is 0 Å². The molecule has 3 N–H and O–H groups in total. The number of nitrogens with two attached hydrogens (primary N) is 1. The number of nitrogens with one attached hydrogen (secondary N) is 1. The van der Waals surface area contributed by atoms with Gasteiger partial charge in [0.15, 0.2) is 0 Å². The van der Waals surface area contributed by atoms with Crippen LogP contribution in [0.4, 0.5) is 18.2 Å². The van der Waals surface area contributed by atoms with Gasteiger partial charge in [0.1, 0.15) is 10.5 Å². The van der Waals surface area contributed by atoms with Crippen LogP contribution in [-0.4, -0.2) is 10.4 Å². The Hall–Kier alpha value is -1.16. The molecule has 9 heteroatoms. The molecule has 0 spiro atoms. The number of fused-ring (bicyclic) bond motifs is 1. The Morgan fingerprint density at radius 3 is 2.78 bits per heavy atom. The fraction of sp³-hybridized carbons (Fsp3) is 0.357. The minimum Gasteiger partial charge on any atom is -0.370 e. The first kappa shape index (κ1) is 16.7. The third kappa shape index (κ3) is 3.52. The minimum atomic E-state index is -4.42. The molecule has 23 heavy (non-hydrogen) atoms. The fourth-order valence-electron chi connectivity index (χ4n) is 2.26. The molecule has 1 atom stereocenters. The number of halogens is 3. The van der Waals surface area contributed by atoms with E-state index in [-0.39, 0.29) is 22.9 Å². The zero-order valence-electron chi connectivity index (χ0n) is 12.1. The molecule has 3 aromatic heterocycles. The summed E-state index contributed by atoms with van der Waals surface area (Å²) in [6, 6.07) is 3.59. The minimum absolute atomic E-state index is 0.0387. The van der Waals surface area contributed by atoms with E-state index in [4.69, 9.17) is 5.73 Å². The maximum Gasteiger partial charge on any atom is 0.419 e. The molecule has 0 fully saturated rings. The van der Waals surface area contributed by atoms with E-state index in [0.29, 0.717) is 16.2 Å². The number of hydrogen-bond donors (Lipinski definition) is 2. The number of nitrogens with zero attached hydrogens (tertiary/aromatic N) is 1. The van der Waals surface area contributed by atoms with E-state index in [1.807, 2.05) is 17.5 Å². The van der Waals surface area contributed by atoms with E-state index in [0.717, 1.165) is 27.7 Å². The van der Waals surface area contributed by atoms with E-state index in [1.54, 1.807) is 18.3 Å². The average Bonchev–Trinajstić information content (AvgIpc) is 3.10. The number of alkyl halides is 3. The molecule has 0 bridgehead atoms. The molecule has 0 aliphatic carbocycles. The summed E-state index contributed by atoms with van der Waals surface area (Å²) >= 11 is 3.81. The summed E-state index contributed by atoms with van der Waals surface area (Å²) in [5, 5.41) is 5.84. The van der Waals surface area contributed by atoms with Gasteiger partial charge in [-0.2, -0.15) is 17.5 Å². The lowest BCUT2D eigenvalue weighted by atomic mass is 10.1. The number of rotatable bonds is 5. The number of thiophene rings is 2. The summed E-state index contributed by atoms with van der Waals surface area (Å²) in [6.07, 6.45) is -4.22. The first-order chi connectivity index (χ1) is 10.9. The SMILES string of the molecule is C[C@H](N)Cc1sc2c(NCc3cccs3)snc2c1C(F)(F)F. The lowest BCUT2D eigenvalue weighted by Gasteiger charge is -2.09. The summed E-state index contributed by atoms with van der Waals surface area (Å²) in [6.45, 7) is 2.29. The van der Waals surface area contributed by atoms with Crippen LogP contribution in [-0.2, 0) is 19.1 Å². The van der Waals surface area contributed by atoms with E-state index < -0.39 is 11.7 Å². The molecule has 0 radical (unpaired) electrons. The second-order valence-electron chi connectivity index (χ2n) is 5.20. The van der Waals surface area contributed by atoms with Gasteiger partial charge in [-0.15, -0.1) is 22.7 Å². The molecule has 0 saturated carbocycles. The van der Waals surface area contributed by atoms with E-state index >= 15 is 0 Å². The van der Waals surface area contributed by atoms with Gasteiger partial charge in [-0.05, 0) is 36.3 Å². The first-order valence-corrected chi connectivity index (χ1v) is 9.33. The highest BCUT2D eigenvalue weighted by molar-refractivity contribution is 7.24. The predicted octanol–water partition coefficient (Wildman–Crippen LogP) is 4.94. The van der Waals surface area contributed by atoms with E-state index in [1.165, 1.54) is 0 Å². The smallest absolute Gasteiger partial charge is 0.370 e. The number of hydrogen-bond acceptors (Lipinski definition) is 6. The topological polar surface area (TPSA) is 50.9 Å². The Kier molecular flexibility index (Phi) is 4.63. The van der Waals surface area contributed by atoms with Crippen LogP contribution in [0.15, 0.2) is 17.5 Å². The van der Waals surface area contributed by atoms with Gasteiger partial charge >= 0.3 is 6.18 Å². The molecule has 0 saturated heterocycles. The van der Waals surface area contributed by atoms with Crippen molar-refractivity contribution in [3.05, 3.63) is 32.8 Å². The van der Waals surface area contributed by atoms with Crippen molar-refractivity contribution in [1.29, 1.82) is 0 Å². The maximum atomic E-state index is 13.4. The van der Waals surface area contributed by atoms with Crippen LogP contribution < -0.4 is 11.1 Å². The predicted molar refractivity (Wildman–Crippen MR) is 91.5 cm³/mol. The summed E-state index contributed by atoms with van der Waals surface area (Å²) < 4.78 is 44.8. The third-order valence-electron chi connectivity index (χ3n) is 3.18. The average molecular weight is 377 g/mol. The highest BCUT2D eigenvalue weighted by atomic mass is 32.1. The van der Waals surface area contributed by atoms with Crippen molar-refractivity contribution in [3.8, 4) is 0 Å². The van der Waals surface area contributed by atoms with E-state index in [9.17, 15) is 13.2 Å². The van der Waals surface area contributed by atoms with Gasteiger partial charge in [0.2, 0.25) is 0 Å². The standard InChI is InChI=1S/C14H14F3N3S3/c1-7(18)5-9-10(14(15,16)17)11-12(22-9)13(23-20-11)19-6-8-3-2-4-21-8/h2-4,7,19H,5-6,18H2,1H3/t7-/m0/s1. The Labute approximate surface area is 143 Å². The van der Waals surface area contributed by atoms with Crippen molar-refractivity contribution in [1.82, 2.24) is 4.37 Å². The summed E-state index contributed by atoms with van der Waals surface area (Å²) in [7, 11) is 0. The Balaban J connectivity index is 1.97. The Morgan fingerprint density at radius 1 is 1.39 bits per heavy atom. The van der Waals surface area contributed by atoms with Gasteiger partial charge in [-0.1, -0.05) is 6.07 Å². The normalized spacial score (nSPS) is 13.6. The molecular weight excluding hydrogens is 363 g/mol. The van der Waals surface area contributed by atoms with Gasteiger partial charge in [0.25, 0.3) is 0 Å².